The lowest BCUT2D eigenvalue weighted by atomic mass is 10.2. The number of hydrogen-bond acceptors (Lipinski definition) is 4. The van der Waals surface area contributed by atoms with E-state index in [9.17, 15) is 4.79 Å². The van der Waals surface area contributed by atoms with Crippen molar-refractivity contribution in [1.82, 2.24) is 14.9 Å². The van der Waals surface area contributed by atoms with Crippen LogP contribution in [0.5, 0.6) is 0 Å². The Morgan fingerprint density at radius 3 is 2.79 bits per heavy atom. The molecule has 1 unspecified atom stereocenters. The fraction of sp³-hybridized carbons (Fsp3) is 0.625. The second-order valence-electron chi connectivity index (χ2n) is 3.50. The molecule has 1 N–H and O–H groups in total. The highest BCUT2D eigenvalue weighted by atomic mass is 79.9. The highest BCUT2D eigenvalue weighted by Gasteiger charge is 2.25. The lowest BCUT2D eigenvalue weighted by Gasteiger charge is -2.18. The Kier molecular flexibility index (Phi) is 3.60. The summed E-state index contributed by atoms with van der Waals surface area (Å²) < 4.78 is 3.19. The molecule has 0 aromatic carbocycles. The number of nitrogens with zero attached hydrogens (tertiary/aromatic N) is 2. The number of halogens is 1. The van der Waals surface area contributed by atoms with Crippen LogP contribution in [0.2, 0.25) is 0 Å². The SMILES string of the molecule is CC(NC(=O)C(C)(C)Br)c1csnn1. The summed E-state index contributed by atoms with van der Waals surface area (Å²) in [5.41, 5.74) is 0.792. The van der Waals surface area contributed by atoms with Crippen molar-refractivity contribution in [1.29, 1.82) is 0 Å². The van der Waals surface area contributed by atoms with Crippen LogP contribution < -0.4 is 5.32 Å². The van der Waals surface area contributed by atoms with Crippen LogP contribution in [0.1, 0.15) is 32.5 Å². The van der Waals surface area contributed by atoms with E-state index >= 15 is 0 Å². The van der Waals surface area contributed by atoms with Gasteiger partial charge in [-0.1, -0.05) is 20.4 Å². The van der Waals surface area contributed by atoms with Crippen LogP contribution in [-0.4, -0.2) is 19.8 Å². The van der Waals surface area contributed by atoms with E-state index in [0.717, 1.165) is 5.69 Å². The van der Waals surface area contributed by atoms with Crippen molar-refractivity contribution in [3.63, 3.8) is 0 Å². The van der Waals surface area contributed by atoms with Crippen LogP contribution in [0, 0.1) is 0 Å². The lowest BCUT2D eigenvalue weighted by Crippen LogP contribution is -2.39. The van der Waals surface area contributed by atoms with Gasteiger partial charge in [0.15, 0.2) is 0 Å². The summed E-state index contributed by atoms with van der Waals surface area (Å²) in [5, 5.41) is 8.56. The molecule has 0 bridgehead atoms. The molecular weight excluding hydrogens is 266 g/mol. The lowest BCUT2D eigenvalue weighted by molar-refractivity contribution is -0.123. The summed E-state index contributed by atoms with van der Waals surface area (Å²) in [6.45, 7) is 5.48. The van der Waals surface area contributed by atoms with Gasteiger partial charge in [0.2, 0.25) is 5.91 Å². The Bertz CT molecular complexity index is 307. The maximum Gasteiger partial charge on any atom is 0.236 e. The molecule has 14 heavy (non-hydrogen) atoms. The molecule has 0 spiro atoms. The van der Waals surface area contributed by atoms with Crippen molar-refractivity contribution < 1.29 is 4.79 Å². The maximum atomic E-state index is 11.6. The second kappa shape index (κ2) is 4.35. The predicted molar refractivity (Wildman–Crippen MR) is 59.5 cm³/mol. The van der Waals surface area contributed by atoms with E-state index in [4.69, 9.17) is 0 Å². The van der Waals surface area contributed by atoms with E-state index in [-0.39, 0.29) is 11.9 Å². The monoisotopic (exact) mass is 277 g/mol. The van der Waals surface area contributed by atoms with E-state index in [2.05, 4.69) is 30.8 Å². The van der Waals surface area contributed by atoms with Crippen molar-refractivity contribution in [2.24, 2.45) is 0 Å². The van der Waals surface area contributed by atoms with Gasteiger partial charge in [0.05, 0.1) is 16.1 Å². The van der Waals surface area contributed by atoms with Crippen LogP contribution in [0.3, 0.4) is 0 Å². The minimum Gasteiger partial charge on any atom is -0.347 e. The molecule has 1 heterocycles. The Balaban J connectivity index is 2.58. The van der Waals surface area contributed by atoms with Gasteiger partial charge in [0.1, 0.15) is 0 Å². The second-order valence-corrected chi connectivity index (χ2v) is 6.09. The van der Waals surface area contributed by atoms with Crippen molar-refractivity contribution in [3.05, 3.63) is 11.1 Å². The summed E-state index contributed by atoms with van der Waals surface area (Å²) in [4.78, 5) is 11.6. The first-order chi connectivity index (χ1) is 6.41. The molecule has 1 atom stereocenters. The highest BCUT2D eigenvalue weighted by molar-refractivity contribution is 9.10. The summed E-state index contributed by atoms with van der Waals surface area (Å²) in [7, 11) is 0. The van der Waals surface area contributed by atoms with Crippen molar-refractivity contribution >= 4 is 33.4 Å². The van der Waals surface area contributed by atoms with Crippen LogP contribution in [-0.2, 0) is 4.79 Å². The standard InChI is InChI=1S/C8H12BrN3OS/c1-5(6-4-14-12-11-6)10-7(13)8(2,3)9/h4-5H,1-3H3,(H,10,13). The van der Waals surface area contributed by atoms with Crippen molar-refractivity contribution in [3.8, 4) is 0 Å². The molecule has 0 fully saturated rings. The number of aromatic nitrogens is 2. The number of carbonyl (C=O) groups is 1. The van der Waals surface area contributed by atoms with Gasteiger partial charge in [0, 0.05) is 5.38 Å². The topological polar surface area (TPSA) is 54.9 Å². The molecule has 0 aliphatic heterocycles. The third kappa shape index (κ3) is 3.02. The van der Waals surface area contributed by atoms with Gasteiger partial charge < -0.3 is 5.32 Å². The highest BCUT2D eigenvalue weighted by Crippen LogP contribution is 2.18. The van der Waals surface area contributed by atoms with Gasteiger partial charge in [-0.25, -0.2) is 0 Å². The number of carbonyl (C=O) groups excluding carboxylic acids is 1. The summed E-state index contributed by atoms with van der Waals surface area (Å²) in [6.07, 6.45) is 0. The molecule has 4 nitrogen and oxygen atoms in total. The number of rotatable bonds is 3. The van der Waals surface area contributed by atoms with Gasteiger partial charge in [-0.15, -0.1) is 5.10 Å². The normalized spacial score (nSPS) is 13.7. The summed E-state index contributed by atoms with van der Waals surface area (Å²) >= 11 is 4.57. The first kappa shape index (κ1) is 11.6. The van der Waals surface area contributed by atoms with E-state index in [1.165, 1.54) is 11.5 Å². The zero-order valence-electron chi connectivity index (χ0n) is 8.24. The number of amides is 1. The molecule has 6 heteroatoms. The quantitative estimate of drug-likeness (QED) is 0.859. The first-order valence-corrected chi connectivity index (χ1v) is 5.81. The maximum absolute atomic E-state index is 11.6. The molecular formula is C8H12BrN3OS. The molecule has 0 aliphatic carbocycles. The molecule has 1 aromatic heterocycles. The van der Waals surface area contributed by atoms with Gasteiger partial charge in [-0.2, -0.15) is 0 Å². The molecule has 0 saturated heterocycles. The average Bonchev–Trinajstić information content (AvgIpc) is 2.53. The largest absolute Gasteiger partial charge is 0.347 e. The zero-order chi connectivity index (χ0) is 10.8. The number of nitrogens with one attached hydrogen (secondary N) is 1. The Morgan fingerprint density at radius 2 is 2.36 bits per heavy atom. The molecule has 0 aliphatic rings. The fourth-order valence-corrected chi connectivity index (χ4v) is 1.46. The third-order valence-corrected chi connectivity index (χ3v) is 2.59. The predicted octanol–water partition coefficient (Wildman–Crippen LogP) is 1.89. The van der Waals surface area contributed by atoms with E-state index in [1.54, 1.807) is 13.8 Å². The minimum absolute atomic E-state index is 0.0574. The smallest absolute Gasteiger partial charge is 0.236 e. The van der Waals surface area contributed by atoms with Gasteiger partial charge in [-0.3, -0.25) is 4.79 Å². The summed E-state index contributed by atoms with van der Waals surface area (Å²) in [6, 6.07) is -0.0990. The van der Waals surface area contributed by atoms with Crippen LogP contribution in [0.25, 0.3) is 0 Å². The molecule has 0 radical (unpaired) electrons. The average molecular weight is 278 g/mol. The Morgan fingerprint density at radius 1 is 1.71 bits per heavy atom. The third-order valence-electron chi connectivity index (χ3n) is 1.71. The van der Waals surface area contributed by atoms with Crippen LogP contribution >= 0.6 is 27.5 Å². The Hall–Kier alpha value is -0.490. The van der Waals surface area contributed by atoms with Gasteiger partial charge >= 0.3 is 0 Å². The van der Waals surface area contributed by atoms with Crippen LogP contribution in [0.4, 0.5) is 0 Å². The van der Waals surface area contributed by atoms with E-state index < -0.39 is 4.32 Å². The number of hydrogen-bond donors (Lipinski definition) is 1. The van der Waals surface area contributed by atoms with Gasteiger partial charge in [0.25, 0.3) is 0 Å². The first-order valence-electron chi connectivity index (χ1n) is 4.18. The number of alkyl halides is 1. The Labute approximate surface area is 95.4 Å². The van der Waals surface area contributed by atoms with Crippen molar-refractivity contribution in [2.75, 3.05) is 0 Å². The zero-order valence-corrected chi connectivity index (χ0v) is 10.6. The summed E-state index contributed by atoms with van der Waals surface area (Å²) in [5.74, 6) is -0.0574. The minimum atomic E-state index is -0.551. The van der Waals surface area contributed by atoms with E-state index in [0.29, 0.717) is 0 Å². The van der Waals surface area contributed by atoms with E-state index in [1.807, 2.05) is 12.3 Å². The van der Waals surface area contributed by atoms with Crippen molar-refractivity contribution in [2.45, 2.75) is 31.1 Å². The molecule has 0 saturated carbocycles. The fourth-order valence-electron chi connectivity index (χ4n) is 0.803. The van der Waals surface area contributed by atoms with Gasteiger partial charge in [-0.05, 0) is 32.3 Å². The van der Waals surface area contributed by atoms with Crippen LogP contribution in [0.15, 0.2) is 5.38 Å². The molecule has 1 amide bonds. The molecule has 1 rings (SSSR count). The molecule has 1 aromatic rings. The molecule has 78 valence electrons.